The van der Waals surface area contributed by atoms with E-state index in [2.05, 4.69) is 15.8 Å². The van der Waals surface area contributed by atoms with Crippen molar-refractivity contribution in [1.82, 2.24) is 5.43 Å². The van der Waals surface area contributed by atoms with Crippen molar-refractivity contribution in [3.05, 3.63) is 58.1 Å². The van der Waals surface area contributed by atoms with Crippen LogP contribution in [0.15, 0.2) is 47.6 Å². The summed E-state index contributed by atoms with van der Waals surface area (Å²) in [6.07, 6.45) is 1.34. The number of nitrogens with zero attached hydrogens (tertiary/aromatic N) is 2. The van der Waals surface area contributed by atoms with Crippen LogP contribution < -0.4 is 20.2 Å². The number of rotatable bonds is 6. The predicted octanol–water partition coefficient (Wildman–Crippen LogP) is 1.89. The van der Waals surface area contributed by atoms with Gasteiger partial charge in [-0.1, -0.05) is 12.1 Å². The molecule has 9 heteroatoms. The molecule has 1 aliphatic heterocycles. The molecule has 2 N–H and O–H groups in total. The standard InChI is InChI=1S/C16H14N4O5/c21-16(9-17-12-4-5-14-15(7-12)25-10-24-14)19-18-8-11-2-1-3-13(6-11)20(22)23/h1-8,17H,9-10H2,(H,19,21)/b18-8-. The van der Waals surface area contributed by atoms with Gasteiger partial charge in [-0.25, -0.2) is 5.43 Å². The number of amides is 1. The van der Waals surface area contributed by atoms with Gasteiger partial charge >= 0.3 is 0 Å². The number of nitro benzene ring substituents is 1. The molecule has 0 unspecified atom stereocenters. The molecule has 0 radical (unpaired) electrons. The second kappa shape index (κ2) is 7.30. The molecule has 9 nitrogen and oxygen atoms in total. The van der Waals surface area contributed by atoms with Crippen LogP contribution in [0.5, 0.6) is 11.5 Å². The Morgan fingerprint density at radius 1 is 1.24 bits per heavy atom. The van der Waals surface area contributed by atoms with E-state index in [1.165, 1.54) is 18.3 Å². The van der Waals surface area contributed by atoms with Crippen molar-refractivity contribution in [2.45, 2.75) is 0 Å². The van der Waals surface area contributed by atoms with Crippen molar-refractivity contribution in [2.24, 2.45) is 5.10 Å². The van der Waals surface area contributed by atoms with Crippen molar-refractivity contribution in [2.75, 3.05) is 18.7 Å². The molecule has 0 saturated heterocycles. The number of fused-ring (bicyclic) bond motifs is 1. The van der Waals surface area contributed by atoms with Gasteiger partial charge in [0.05, 0.1) is 17.7 Å². The first-order chi connectivity index (χ1) is 12.1. The average molecular weight is 342 g/mol. The molecule has 0 saturated carbocycles. The second-order valence-electron chi connectivity index (χ2n) is 5.07. The fourth-order valence-corrected chi connectivity index (χ4v) is 2.13. The van der Waals surface area contributed by atoms with Gasteiger partial charge in [0.15, 0.2) is 11.5 Å². The Kier molecular flexibility index (Phi) is 4.74. The summed E-state index contributed by atoms with van der Waals surface area (Å²) in [4.78, 5) is 22.0. The molecule has 1 amide bonds. The number of carbonyl (C=O) groups excluding carboxylic acids is 1. The van der Waals surface area contributed by atoms with Gasteiger partial charge in [-0.3, -0.25) is 14.9 Å². The molecule has 0 aromatic heterocycles. The zero-order valence-corrected chi connectivity index (χ0v) is 13.0. The molecule has 2 aromatic carbocycles. The molecule has 128 valence electrons. The highest BCUT2D eigenvalue weighted by Crippen LogP contribution is 2.34. The molecule has 0 aliphatic carbocycles. The van der Waals surface area contributed by atoms with Gasteiger partial charge in [-0.2, -0.15) is 5.10 Å². The zero-order chi connectivity index (χ0) is 17.6. The Morgan fingerprint density at radius 2 is 2.08 bits per heavy atom. The maximum atomic E-state index is 11.8. The van der Waals surface area contributed by atoms with E-state index in [0.29, 0.717) is 22.7 Å². The normalized spacial score (nSPS) is 12.2. The molecule has 0 fully saturated rings. The van der Waals surface area contributed by atoms with E-state index in [-0.39, 0.29) is 24.9 Å². The van der Waals surface area contributed by atoms with E-state index in [1.807, 2.05) is 0 Å². The number of benzene rings is 2. The van der Waals surface area contributed by atoms with E-state index in [4.69, 9.17) is 9.47 Å². The van der Waals surface area contributed by atoms with Crippen molar-refractivity contribution < 1.29 is 19.2 Å². The number of non-ortho nitro benzene ring substituents is 1. The summed E-state index contributed by atoms with van der Waals surface area (Å²) in [5.74, 6) is 0.921. The highest BCUT2D eigenvalue weighted by atomic mass is 16.7. The lowest BCUT2D eigenvalue weighted by atomic mass is 10.2. The Morgan fingerprint density at radius 3 is 2.92 bits per heavy atom. The number of carbonyl (C=O) groups is 1. The van der Waals surface area contributed by atoms with Crippen molar-refractivity contribution in [1.29, 1.82) is 0 Å². The fourth-order valence-electron chi connectivity index (χ4n) is 2.13. The first kappa shape index (κ1) is 16.2. The Balaban J connectivity index is 1.49. The minimum atomic E-state index is -0.495. The third kappa shape index (κ3) is 4.22. The average Bonchev–Trinajstić information content (AvgIpc) is 3.08. The Hall–Kier alpha value is -3.62. The number of ether oxygens (including phenoxy) is 2. The van der Waals surface area contributed by atoms with Crippen LogP contribution in [0.3, 0.4) is 0 Å². The van der Waals surface area contributed by atoms with Crippen LogP contribution in [0.1, 0.15) is 5.56 Å². The van der Waals surface area contributed by atoms with Crippen LogP contribution in [-0.2, 0) is 4.79 Å². The maximum Gasteiger partial charge on any atom is 0.270 e. The minimum Gasteiger partial charge on any atom is -0.454 e. The smallest absolute Gasteiger partial charge is 0.270 e. The first-order valence-corrected chi connectivity index (χ1v) is 7.32. The summed E-state index contributed by atoms with van der Waals surface area (Å²) in [7, 11) is 0. The molecule has 25 heavy (non-hydrogen) atoms. The minimum absolute atomic E-state index is 0.00587. The molecule has 0 spiro atoms. The number of hydrogen-bond donors (Lipinski definition) is 2. The largest absolute Gasteiger partial charge is 0.454 e. The molecule has 0 bridgehead atoms. The van der Waals surface area contributed by atoms with Gasteiger partial charge < -0.3 is 14.8 Å². The first-order valence-electron chi connectivity index (χ1n) is 7.32. The van der Waals surface area contributed by atoms with E-state index in [0.717, 1.165) is 0 Å². The van der Waals surface area contributed by atoms with E-state index >= 15 is 0 Å². The third-order valence-corrected chi connectivity index (χ3v) is 3.31. The number of nitrogens with one attached hydrogen (secondary N) is 2. The van der Waals surface area contributed by atoms with E-state index in [9.17, 15) is 14.9 Å². The van der Waals surface area contributed by atoms with E-state index < -0.39 is 4.92 Å². The fraction of sp³-hybridized carbons (Fsp3) is 0.125. The highest BCUT2D eigenvalue weighted by Gasteiger charge is 2.13. The lowest BCUT2D eigenvalue weighted by molar-refractivity contribution is -0.384. The summed E-state index contributed by atoms with van der Waals surface area (Å²) < 4.78 is 10.5. The summed E-state index contributed by atoms with van der Waals surface area (Å²) >= 11 is 0. The Labute approximate surface area is 142 Å². The zero-order valence-electron chi connectivity index (χ0n) is 13.0. The van der Waals surface area contributed by atoms with Gasteiger partial charge in [-0.05, 0) is 12.1 Å². The number of hydrazone groups is 1. The third-order valence-electron chi connectivity index (χ3n) is 3.31. The van der Waals surface area contributed by atoms with Gasteiger partial charge in [-0.15, -0.1) is 0 Å². The summed E-state index contributed by atoms with van der Waals surface area (Å²) in [6, 6.07) is 11.2. The van der Waals surface area contributed by atoms with Crippen molar-refractivity contribution in [3.63, 3.8) is 0 Å². The second-order valence-corrected chi connectivity index (χ2v) is 5.07. The quantitative estimate of drug-likeness (QED) is 0.470. The van der Waals surface area contributed by atoms with Gasteiger partial charge in [0.2, 0.25) is 6.79 Å². The van der Waals surface area contributed by atoms with Crippen LogP contribution in [0, 0.1) is 10.1 Å². The van der Waals surface area contributed by atoms with Gasteiger partial charge in [0.25, 0.3) is 11.6 Å². The number of anilines is 1. The summed E-state index contributed by atoms with van der Waals surface area (Å²) in [6.45, 7) is 0.192. The van der Waals surface area contributed by atoms with Crippen LogP contribution in [0.25, 0.3) is 0 Å². The molecule has 1 aliphatic rings. The van der Waals surface area contributed by atoms with Crippen LogP contribution in [0.4, 0.5) is 11.4 Å². The van der Waals surface area contributed by atoms with Crippen molar-refractivity contribution >= 4 is 23.5 Å². The predicted molar refractivity (Wildman–Crippen MR) is 89.9 cm³/mol. The van der Waals surface area contributed by atoms with E-state index in [1.54, 1.807) is 30.3 Å². The molecular formula is C16H14N4O5. The molecule has 1 heterocycles. The van der Waals surface area contributed by atoms with Crippen LogP contribution in [-0.4, -0.2) is 30.4 Å². The highest BCUT2D eigenvalue weighted by molar-refractivity contribution is 5.84. The molecule has 0 atom stereocenters. The van der Waals surface area contributed by atoms with Gasteiger partial charge in [0, 0.05) is 29.4 Å². The number of hydrogen-bond acceptors (Lipinski definition) is 7. The SMILES string of the molecule is O=C(CNc1ccc2c(c1)OCO2)N/N=C\c1cccc([N+](=O)[O-])c1. The molecule has 2 aromatic rings. The molecule has 3 rings (SSSR count). The maximum absolute atomic E-state index is 11.8. The summed E-state index contributed by atoms with van der Waals surface area (Å²) in [5, 5.41) is 17.4. The van der Waals surface area contributed by atoms with Crippen LogP contribution >= 0.6 is 0 Å². The topological polar surface area (TPSA) is 115 Å². The number of nitro groups is 1. The van der Waals surface area contributed by atoms with Crippen molar-refractivity contribution in [3.8, 4) is 11.5 Å². The van der Waals surface area contributed by atoms with Crippen LogP contribution in [0.2, 0.25) is 0 Å². The molecular weight excluding hydrogens is 328 g/mol. The summed E-state index contributed by atoms with van der Waals surface area (Å²) in [5.41, 5.74) is 3.53. The Bertz CT molecular complexity index is 837. The lowest BCUT2D eigenvalue weighted by Crippen LogP contribution is -2.25. The lowest BCUT2D eigenvalue weighted by Gasteiger charge is -2.06. The monoisotopic (exact) mass is 342 g/mol. The van der Waals surface area contributed by atoms with Gasteiger partial charge in [0.1, 0.15) is 0 Å².